The molecule has 0 unspecified atom stereocenters. The van der Waals surface area contributed by atoms with E-state index in [1.165, 1.54) is 102 Å². The number of hydrogen-bond acceptors (Lipinski definition) is 2. The van der Waals surface area contributed by atoms with E-state index in [-0.39, 0.29) is 0 Å². The van der Waals surface area contributed by atoms with Gasteiger partial charge in [-0.15, -0.1) is 11.3 Å². The first-order chi connectivity index (χ1) is 31.3. The largest absolute Gasteiger partial charge is 0.301 e. The highest BCUT2D eigenvalue weighted by molar-refractivity contribution is 7.25. The third kappa shape index (κ3) is 4.69. The molecular formula is C60H36N2S. The predicted molar refractivity (Wildman–Crippen MR) is 267 cm³/mol. The molecule has 0 aliphatic heterocycles. The normalized spacial score (nSPS) is 13.2. The van der Waals surface area contributed by atoms with Crippen LogP contribution in [0.5, 0.6) is 0 Å². The van der Waals surface area contributed by atoms with E-state index in [1.54, 1.807) is 0 Å². The van der Waals surface area contributed by atoms with Gasteiger partial charge < -0.3 is 4.57 Å². The molecule has 0 saturated carbocycles. The van der Waals surface area contributed by atoms with Crippen molar-refractivity contribution in [2.45, 2.75) is 5.41 Å². The quantitative estimate of drug-likeness (QED) is 0.162. The number of rotatable bonds is 4. The molecule has 0 saturated heterocycles. The number of hydrogen-bond donors (Lipinski definition) is 0. The standard InChI is InChI=1S/C60H36N2S/c1-3-17-38(18-4-1)60(39-19-5-2-6-20-39)50-28-14-11-23-43(50)48-36-53-49(35-51(48)60)56-47-27-13-16-30-54(47)63-59(56)62(53)40-33-31-37(32-34-40)58-57-45-25-10-8-22-42(45)41-21-7-9-24-44(41)55(57)46-26-12-15-29-52(46)61-58/h1-36H. The second-order valence-electron chi connectivity index (χ2n) is 16.9. The van der Waals surface area contributed by atoms with Gasteiger partial charge in [-0.25, -0.2) is 4.98 Å². The molecule has 0 bridgehead atoms. The molecule has 3 heterocycles. The molecule has 63 heavy (non-hydrogen) atoms. The van der Waals surface area contributed by atoms with E-state index in [0.29, 0.717) is 0 Å². The SMILES string of the molecule is c1ccc(C2(c3ccccc3)c3ccccc3-c3cc4c(cc32)c2c3ccccc3sc2n4-c2ccc(-c3nc4ccccc4c4c5ccccc5c5ccccc5c34)cc2)cc1. The summed E-state index contributed by atoms with van der Waals surface area (Å²) in [4.78, 5) is 6.73. The number of para-hydroxylation sites is 1. The summed E-state index contributed by atoms with van der Waals surface area (Å²) >= 11 is 1.88. The summed E-state index contributed by atoms with van der Waals surface area (Å²) in [5.74, 6) is 0. The van der Waals surface area contributed by atoms with E-state index >= 15 is 0 Å². The molecule has 2 nitrogen and oxygen atoms in total. The molecule has 1 aliphatic rings. The zero-order chi connectivity index (χ0) is 41.2. The fraction of sp³-hybridized carbons (Fsp3) is 0.0167. The maximum Gasteiger partial charge on any atom is 0.109 e. The third-order valence-electron chi connectivity index (χ3n) is 13.8. The molecule has 0 amide bonds. The number of benzene rings is 10. The number of aromatic nitrogens is 2. The van der Waals surface area contributed by atoms with Crippen LogP contribution >= 0.6 is 11.3 Å². The number of thiophene rings is 1. The second kappa shape index (κ2) is 13.1. The van der Waals surface area contributed by atoms with Crippen LogP contribution in [0.1, 0.15) is 22.3 Å². The van der Waals surface area contributed by atoms with E-state index in [9.17, 15) is 0 Å². The lowest BCUT2D eigenvalue weighted by molar-refractivity contribution is 0.769. The van der Waals surface area contributed by atoms with Crippen LogP contribution in [0, 0.1) is 0 Å². The predicted octanol–water partition coefficient (Wildman–Crippen LogP) is 16.0. The van der Waals surface area contributed by atoms with Gasteiger partial charge in [-0.1, -0.05) is 182 Å². The number of nitrogens with zero attached hydrogens (tertiary/aromatic N) is 2. The molecule has 0 N–H and O–H groups in total. The van der Waals surface area contributed by atoms with Crippen molar-refractivity contribution in [2.24, 2.45) is 0 Å². The van der Waals surface area contributed by atoms with Gasteiger partial charge in [0.05, 0.1) is 22.1 Å². The van der Waals surface area contributed by atoms with Crippen LogP contribution < -0.4 is 0 Å². The van der Waals surface area contributed by atoms with Gasteiger partial charge in [0.25, 0.3) is 0 Å². The van der Waals surface area contributed by atoms with Gasteiger partial charge >= 0.3 is 0 Å². The zero-order valence-corrected chi connectivity index (χ0v) is 34.9. The fourth-order valence-electron chi connectivity index (χ4n) is 11.3. The highest BCUT2D eigenvalue weighted by Crippen LogP contribution is 2.58. The average Bonchev–Trinajstić information content (AvgIpc) is 3.98. The molecule has 0 atom stereocenters. The van der Waals surface area contributed by atoms with Crippen molar-refractivity contribution >= 4 is 85.8 Å². The molecule has 3 heteroatoms. The summed E-state index contributed by atoms with van der Waals surface area (Å²) < 4.78 is 3.81. The van der Waals surface area contributed by atoms with E-state index in [1.807, 2.05) is 11.3 Å². The van der Waals surface area contributed by atoms with Gasteiger partial charge in [0.1, 0.15) is 4.83 Å². The van der Waals surface area contributed by atoms with Gasteiger partial charge in [0, 0.05) is 48.3 Å². The molecule has 0 radical (unpaired) electrons. The van der Waals surface area contributed by atoms with E-state index in [2.05, 4.69) is 223 Å². The lowest BCUT2D eigenvalue weighted by Gasteiger charge is -2.34. The topological polar surface area (TPSA) is 17.8 Å². The Morgan fingerprint density at radius 3 is 1.68 bits per heavy atom. The maximum absolute atomic E-state index is 5.47. The number of fused-ring (bicyclic) bond motifs is 16. The lowest BCUT2D eigenvalue weighted by atomic mass is 9.67. The van der Waals surface area contributed by atoms with Gasteiger partial charge in [0.15, 0.2) is 0 Å². The van der Waals surface area contributed by atoms with Crippen LogP contribution in [0.3, 0.4) is 0 Å². The molecule has 0 fully saturated rings. The van der Waals surface area contributed by atoms with Gasteiger partial charge in [-0.3, -0.25) is 0 Å². The highest BCUT2D eigenvalue weighted by atomic mass is 32.1. The summed E-state index contributed by atoms with van der Waals surface area (Å²) in [5.41, 5.74) is 12.8. The van der Waals surface area contributed by atoms with Crippen molar-refractivity contribution in [3.63, 3.8) is 0 Å². The van der Waals surface area contributed by atoms with Crippen molar-refractivity contribution < 1.29 is 0 Å². The first-order valence-electron chi connectivity index (χ1n) is 21.7. The third-order valence-corrected chi connectivity index (χ3v) is 15.0. The summed E-state index contributed by atoms with van der Waals surface area (Å²) in [6, 6.07) is 80.7. The Labute approximate surface area is 367 Å². The smallest absolute Gasteiger partial charge is 0.109 e. The van der Waals surface area contributed by atoms with E-state index < -0.39 is 5.41 Å². The van der Waals surface area contributed by atoms with Crippen LogP contribution in [-0.4, -0.2) is 9.55 Å². The Morgan fingerprint density at radius 1 is 0.397 bits per heavy atom. The summed E-state index contributed by atoms with van der Waals surface area (Å²) in [6.07, 6.45) is 0. The Bertz CT molecular complexity index is 3970. The van der Waals surface area contributed by atoms with Crippen LogP contribution in [-0.2, 0) is 5.41 Å². The van der Waals surface area contributed by atoms with Crippen LogP contribution in [0.15, 0.2) is 218 Å². The first kappa shape index (κ1) is 34.8. The summed E-state index contributed by atoms with van der Waals surface area (Å²) in [7, 11) is 0. The molecule has 3 aromatic heterocycles. The van der Waals surface area contributed by atoms with E-state index in [0.717, 1.165) is 22.5 Å². The molecule has 14 rings (SSSR count). The minimum atomic E-state index is -0.477. The van der Waals surface area contributed by atoms with Crippen molar-refractivity contribution in [3.05, 3.63) is 241 Å². The lowest BCUT2D eigenvalue weighted by Crippen LogP contribution is -2.28. The first-order valence-corrected chi connectivity index (χ1v) is 22.5. The van der Waals surface area contributed by atoms with Crippen molar-refractivity contribution in [2.75, 3.05) is 0 Å². The van der Waals surface area contributed by atoms with Crippen LogP contribution in [0.25, 0.3) is 102 Å². The Hall–Kier alpha value is -7.85. The molecule has 13 aromatic rings. The summed E-state index contributed by atoms with van der Waals surface area (Å²) in [6.45, 7) is 0. The Kier molecular flexibility index (Phi) is 7.23. The average molecular weight is 817 g/mol. The molecule has 1 aliphatic carbocycles. The monoisotopic (exact) mass is 816 g/mol. The van der Waals surface area contributed by atoms with Crippen molar-refractivity contribution in [1.29, 1.82) is 0 Å². The van der Waals surface area contributed by atoms with E-state index in [4.69, 9.17) is 4.98 Å². The number of pyridine rings is 1. The van der Waals surface area contributed by atoms with Gasteiger partial charge in [-0.05, 0) is 91.3 Å². The molecule has 10 aromatic carbocycles. The second-order valence-corrected chi connectivity index (χ2v) is 18.0. The van der Waals surface area contributed by atoms with Crippen LogP contribution in [0.2, 0.25) is 0 Å². The van der Waals surface area contributed by atoms with Crippen molar-refractivity contribution in [1.82, 2.24) is 9.55 Å². The minimum Gasteiger partial charge on any atom is -0.301 e. The van der Waals surface area contributed by atoms with Gasteiger partial charge in [-0.2, -0.15) is 0 Å². The van der Waals surface area contributed by atoms with Gasteiger partial charge in [0.2, 0.25) is 0 Å². The molecule has 0 spiro atoms. The minimum absolute atomic E-state index is 0.477. The summed E-state index contributed by atoms with van der Waals surface area (Å²) in [5, 5.41) is 12.5. The fourth-order valence-corrected chi connectivity index (χ4v) is 12.5. The Morgan fingerprint density at radius 2 is 0.968 bits per heavy atom. The highest BCUT2D eigenvalue weighted by Gasteiger charge is 2.46. The molecular weight excluding hydrogens is 781 g/mol. The van der Waals surface area contributed by atoms with Crippen LogP contribution in [0.4, 0.5) is 0 Å². The van der Waals surface area contributed by atoms with Crippen molar-refractivity contribution in [3.8, 4) is 28.1 Å². The Balaban J connectivity index is 1.05. The maximum atomic E-state index is 5.47. The zero-order valence-electron chi connectivity index (χ0n) is 34.1. The molecule has 292 valence electrons.